The van der Waals surface area contributed by atoms with E-state index < -0.39 is 6.04 Å². The lowest BCUT2D eigenvalue weighted by Gasteiger charge is -2.28. The Kier molecular flexibility index (Phi) is 6.36. The predicted molar refractivity (Wildman–Crippen MR) is 125 cm³/mol. The van der Waals surface area contributed by atoms with Gasteiger partial charge >= 0.3 is 0 Å². The molecule has 1 aromatic heterocycles. The number of amides is 1. The lowest BCUT2D eigenvalue weighted by molar-refractivity contribution is -0.113. The smallest absolute Gasteiger partial charge is 0.255 e. The number of phenolic OH excluding ortho intramolecular Hbond substituents is 1. The van der Waals surface area contributed by atoms with Gasteiger partial charge in [-0.15, -0.1) is 5.10 Å². The van der Waals surface area contributed by atoms with Crippen LogP contribution < -0.4 is 15.4 Å². The number of fused-ring (bicyclic) bond motifs is 1. The molecule has 8 nitrogen and oxygen atoms in total. The normalized spacial score (nSPS) is 15.2. The number of allylic oxidation sites excluding steroid dienone is 1. The van der Waals surface area contributed by atoms with Gasteiger partial charge in [0.05, 0.1) is 18.4 Å². The zero-order valence-electron chi connectivity index (χ0n) is 18.1. The Balaban J connectivity index is 1.77. The first-order valence-electron chi connectivity index (χ1n) is 10.3. The topological polar surface area (TPSA) is 101 Å². The number of aromatic hydroxyl groups is 1. The van der Waals surface area contributed by atoms with Gasteiger partial charge in [0.1, 0.15) is 17.5 Å². The molecule has 0 fully saturated rings. The van der Waals surface area contributed by atoms with E-state index in [0.29, 0.717) is 33.8 Å². The molecule has 4 rings (SSSR count). The van der Waals surface area contributed by atoms with Gasteiger partial charge in [0.25, 0.3) is 5.91 Å². The third kappa shape index (κ3) is 4.29. The number of carbonyl (C=O) groups is 1. The number of ether oxygens (including phenoxy) is 1. The van der Waals surface area contributed by atoms with Crippen molar-refractivity contribution in [2.24, 2.45) is 0 Å². The number of anilines is 2. The Morgan fingerprint density at radius 3 is 2.84 bits per heavy atom. The van der Waals surface area contributed by atoms with Crippen LogP contribution in [0.15, 0.2) is 65.0 Å². The number of aromatic nitrogens is 3. The minimum absolute atomic E-state index is 0.116. The van der Waals surface area contributed by atoms with Gasteiger partial charge in [0.15, 0.2) is 0 Å². The summed E-state index contributed by atoms with van der Waals surface area (Å²) < 4.78 is 7.08. The molecule has 0 saturated heterocycles. The number of para-hydroxylation sites is 2. The van der Waals surface area contributed by atoms with Crippen molar-refractivity contribution in [2.75, 3.05) is 23.5 Å². The van der Waals surface area contributed by atoms with Gasteiger partial charge in [-0.25, -0.2) is 4.68 Å². The lowest BCUT2D eigenvalue weighted by Crippen LogP contribution is -2.31. The molecule has 32 heavy (non-hydrogen) atoms. The molecular formula is C23H25N5O3S. The second kappa shape index (κ2) is 9.35. The molecule has 1 atom stereocenters. The van der Waals surface area contributed by atoms with Crippen molar-refractivity contribution in [1.82, 2.24) is 14.8 Å². The zero-order chi connectivity index (χ0) is 22.7. The molecule has 3 N–H and O–H groups in total. The minimum atomic E-state index is -0.559. The highest BCUT2D eigenvalue weighted by atomic mass is 32.2. The molecular weight excluding hydrogens is 426 g/mol. The fourth-order valence-electron chi connectivity index (χ4n) is 3.62. The second-order valence-corrected chi connectivity index (χ2v) is 8.39. The maximum Gasteiger partial charge on any atom is 0.255 e. The van der Waals surface area contributed by atoms with Crippen LogP contribution in [0.25, 0.3) is 0 Å². The number of thioether (sulfide) groups is 1. The molecule has 1 aliphatic rings. The molecule has 0 radical (unpaired) electrons. The number of nitrogens with zero attached hydrogens (tertiary/aromatic N) is 3. The average Bonchev–Trinajstić information content (AvgIpc) is 3.19. The van der Waals surface area contributed by atoms with E-state index in [9.17, 15) is 9.90 Å². The van der Waals surface area contributed by atoms with Crippen LogP contribution in [-0.2, 0) is 4.79 Å². The maximum atomic E-state index is 13.5. The molecule has 9 heteroatoms. The van der Waals surface area contributed by atoms with E-state index in [1.54, 1.807) is 53.9 Å². The second-order valence-electron chi connectivity index (χ2n) is 7.33. The van der Waals surface area contributed by atoms with E-state index in [1.165, 1.54) is 0 Å². The quantitative estimate of drug-likeness (QED) is 0.457. The zero-order valence-corrected chi connectivity index (χ0v) is 18.9. The summed E-state index contributed by atoms with van der Waals surface area (Å²) in [7, 11) is 1.56. The first kappa shape index (κ1) is 21.8. The summed E-state index contributed by atoms with van der Waals surface area (Å²) in [6, 6.07) is 13.5. The Bertz CT molecular complexity index is 1170. The first-order chi connectivity index (χ1) is 15.5. The van der Waals surface area contributed by atoms with Crippen molar-refractivity contribution in [3.8, 4) is 11.5 Å². The van der Waals surface area contributed by atoms with Gasteiger partial charge in [0, 0.05) is 11.4 Å². The van der Waals surface area contributed by atoms with E-state index >= 15 is 0 Å². The van der Waals surface area contributed by atoms with Crippen molar-refractivity contribution in [2.45, 2.75) is 31.5 Å². The number of hydrogen-bond acceptors (Lipinski definition) is 7. The Hall–Kier alpha value is -3.46. The summed E-state index contributed by atoms with van der Waals surface area (Å²) in [4.78, 5) is 18.1. The third-order valence-electron chi connectivity index (χ3n) is 5.05. The SMILES string of the molecule is CCCSc1nc2n(n1)C(c1cccc(O)c1)C(C(=O)Nc1ccccc1OC)=C(C)N2. The van der Waals surface area contributed by atoms with E-state index in [2.05, 4.69) is 27.6 Å². The van der Waals surface area contributed by atoms with Gasteiger partial charge in [-0.1, -0.05) is 43.0 Å². The van der Waals surface area contributed by atoms with Gasteiger partial charge in [-0.05, 0) is 43.2 Å². The van der Waals surface area contributed by atoms with E-state index in [1.807, 2.05) is 25.1 Å². The van der Waals surface area contributed by atoms with Crippen LogP contribution in [0.3, 0.4) is 0 Å². The van der Waals surface area contributed by atoms with Crippen molar-refractivity contribution in [1.29, 1.82) is 0 Å². The molecule has 3 aromatic rings. The minimum Gasteiger partial charge on any atom is -0.508 e. The summed E-state index contributed by atoms with van der Waals surface area (Å²) in [6.07, 6.45) is 1.00. The Morgan fingerprint density at radius 1 is 1.28 bits per heavy atom. The largest absolute Gasteiger partial charge is 0.508 e. The fourth-order valence-corrected chi connectivity index (χ4v) is 4.30. The van der Waals surface area contributed by atoms with Crippen molar-refractivity contribution < 1.29 is 14.6 Å². The van der Waals surface area contributed by atoms with Crippen LogP contribution in [0.2, 0.25) is 0 Å². The predicted octanol–water partition coefficient (Wildman–Crippen LogP) is 4.42. The van der Waals surface area contributed by atoms with Gasteiger partial charge in [-0.3, -0.25) is 4.79 Å². The van der Waals surface area contributed by atoms with Crippen molar-refractivity contribution >= 4 is 29.3 Å². The molecule has 1 aliphatic heterocycles. The highest BCUT2D eigenvalue weighted by molar-refractivity contribution is 7.99. The fraction of sp³-hybridized carbons (Fsp3) is 0.261. The maximum absolute atomic E-state index is 13.5. The first-order valence-corrected chi connectivity index (χ1v) is 11.3. The molecule has 1 unspecified atom stereocenters. The monoisotopic (exact) mass is 451 g/mol. The van der Waals surface area contributed by atoms with Crippen molar-refractivity contribution in [3.63, 3.8) is 0 Å². The van der Waals surface area contributed by atoms with E-state index in [-0.39, 0.29) is 11.7 Å². The number of rotatable bonds is 7. The van der Waals surface area contributed by atoms with E-state index in [4.69, 9.17) is 4.74 Å². The van der Waals surface area contributed by atoms with Gasteiger partial charge < -0.3 is 20.5 Å². The molecule has 166 valence electrons. The number of phenols is 1. The molecule has 2 aromatic carbocycles. The molecule has 1 amide bonds. The number of hydrogen-bond donors (Lipinski definition) is 3. The number of methoxy groups -OCH3 is 1. The summed E-state index contributed by atoms with van der Waals surface area (Å²) in [6.45, 7) is 3.94. The van der Waals surface area contributed by atoms with Crippen LogP contribution in [0.5, 0.6) is 11.5 Å². The molecule has 0 bridgehead atoms. The lowest BCUT2D eigenvalue weighted by atomic mass is 9.95. The van der Waals surface area contributed by atoms with Gasteiger partial charge in [0.2, 0.25) is 11.1 Å². The molecule has 0 saturated carbocycles. The van der Waals surface area contributed by atoms with Crippen LogP contribution >= 0.6 is 11.8 Å². The average molecular weight is 452 g/mol. The van der Waals surface area contributed by atoms with Crippen molar-refractivity contribution in [3.05, 3.63) is 65.4 Å². The number of carbonyl (C=O) groups excluding carboxylic acids is 1. The molecule has 0 aliphatic carbocycles. The summed E-state index contributed by atoms with van der Waals surface area (Å²) >= 11 is 1.56. The summed E-state index contributed by atoms with van der Waals surface area (Å²) in [5, 5.41) is 21.6. The number of benzene rings is 2. The summed E-state index contributed by atoms with van der Waals surface area (Å²) in [5.41, 5.74) is 2.44. The van der Waals surface area contributed by atoms with Crippen LogP contribution in [0.1, 0.15) is 31.9 Å². The molecule has 0 spiro atoms. The Morgan fingerprint density at radius 2 is 2.09 bits per heavy atom. The molecule has 2 heterocycles. The van der Waals surface area contributed by atoms with Crippen LogP contribution in [0, 0.1) is 0 Å². The summed E-state index contributed by atoms with van der Waals surface area (Å²) in [5.74, 6) is 1.84. The van der Waals surface area contributed by atoms with Crippen LogP contribution in [0.4, 0.5) is 11.6 Å². The van der Waals surface area contributed by atoms with E-state index in [0.717, 1.165) is 17.7 Å². The standard InChI is InChI=1S/C23H25N5O3S/c1-4-12-32-23-26-22-24-14(2)19(21(30)25-17-10-5-6-11-18(17)31-3)20(28(22)27-23)15-8-7-9-16(29)13-15/h5-11,13,20,29H,4,12H2,1-3H3,(H,25,30)(H,24,26,27). The third-order valence-corrected chi connectivity index (χ3v) is 6.10. The highest BCUT2D eigenvalue weighted by Gasteiger charge is 2.34. The van der Waals surface area contributed by atoms with Gasteiger partial charge in [-0.2, -0.15) is 4.98 Å². The van der Waals surface area contributed by atoms with Crippen LogP contribution in [-0.4, -0.2) is 38.6 Å². The Labute approximate surface area is 190 Å². The number of nitrogens with one attached hydrogen (secondary N) is 2. The highest BCUT2D eigenvalue weighted by Crippen LogP contribution is 2.38.